The van der Waals surface area contributed by atoms with Gasteiger partial charge in [0.05, 0.1) is 0 Å². The lowest BCUT2D eigenvalue weighted by Crippen LogP contribution is -2.50. The molecule has 122 valence electrons. The number of rotatable bonds is 3. The molecule has 0 aliphatic carbocycles. The van der Waals surface area contributed by atoms with Crippen LogP contribution in [0.1, 0.15) is 30.5 Å². The molecule has 4 nitrogen and oxygen atoms in total. The standard InChI is InChI=1S/C18H29N3O/c1-13(2)12-20-6-8-21(9-7-20)18(22)19-17-15(4)10-14(3)11-16(17)5/h10-11,13H,6-9,12H2,1-5H3,(H,19,22). The maximum Gasteiger partial charge on any atom is 0.321 e. The van der Waals surface area contributed by atoms with E-state index >= 15 is 0 Å². The number of hydrogen-bond acceptors (Lipinski definition) is 2. The van der Waals surface area contributed by atoms with Crippen LogP contribution in [0.5, 0.6) is 0 Å². The molecular weight excluding hydrogens is 274 g/mol. The molecule has 0 atom stereocenters. The van der Waals surface area contributed by atoms with Gasteiger partial charge in [0.2, 0.25) is 0 Å². The van der Waals surface area contributed by atoms with Crippen LogP contribution in [0.2, 0.25) is 0 Å². The maximum atomic E-state index is 12.5. The van der Waals surface area contributed by atoms with Gasteiger partial charge in [-0.3, -0.25) is 4.90 Å². The highest BCUT2D eigenvalue weighted by Gasteiger charge is 2.22. The van der Waals surface area contributed by atoms with Gasteiger partial charge < -0.3 is 10.2 Å². The number of aryl methyl sites for hydroxylation is 3. The summed E-state index contributed by atoms with van der Waals surface area (Å²) in [6.45, 7) is 15.3. The van der Waals surface area contributed by atoms with Gasteiger partial charge in [-0.25, -0.2) is 4.79 Å². The molecule has 1 aliphatic rings. The zero-order chi connectivity index (χ0) is 16.3. The molecule has 1 N–H and O–H groups in total. The highest BCUT2D eigenvalue weighted by atomic mass is 16.2. The number of carbonyl (C=O) groups is 1. The smallest absolute Gasteiger partial charge is 0.321 e. The van der Waals surface area contributed by atoms with Crippen LogP contribution in [0.15, 0.2) is 12.1 Å². The van der Waals surface area contributed by atoms with Crippen LogP contribution >= 0.6 is 0 Å². The first-order valence-electron chi connectivity index (χ1n) is 8.23. The quantitative estimate of drug-likeness (QED) is 0.928. The largest absolute Gasteiger partial charge is 0.322 e. The molecule has 1 fully saturated rings. The molecule has 2 rings (SSSR count). The summed E-state index contributed by atoms with van der Waals surface area (Å²) in [5.41, 5.74) is 4.45. The van der Waals surface area contributed by atoms with Gasteiger partial charge >= 0.3 is 6.03 Å². The van der Waals surface area contributed by atoms with Gasteiger partial charge in [-0.2, -0.15) is 0 Å². The Kier molecular flexibility index (Phi) is 5.46. The molecule has 0 unspecified atom stereocenters. The number of urea groups is 1. The van der Waals surface area contributed by atoms with Crippen molar-refractivity contribution in [2.45, 2.75) is 34.6 Å². The number of amides is 2. The van der Waals surface area contributed by atoms with E-state index in [1.165, 1.54) is 5.56 Å². The van der Waals surface area contributed by atoms with Crippen LogP contribution in [0, 0.1) is 26.7 Å². The molecule has 22 heavy (non-hydrogen) atoms. The summed E-state index contributed by atoms with van der Waals surface area (Å²) in [4.78, 5) is 16.8. The summed E-state index contributed by atoms with van der Waals surface area (Å²) in [5, 5.41) is 3.10. The summed E-state index contributed by atoms with van der Waals surface area (Å²) in [6.07, 6.45) is 0. The normalized spacial score (nSPS) is 16.2. The third-order valence-corrected chi connectivity index (χ3v) is 4.19. The van der Waals surface area contributed by atoms with E-state index in [0.29, 0.717) is 5.92 Å². The number of benzene rings is 1. The Morgan fingerprint density at radius 2 is 1.64 bits per heavy atom. The highest BCUT2D eigenvalue weighted by molar-refractivity contribution is 5.91. The van der Waals surface area contributed by atoms with Gasteiger partial charge in [0.25, 0.3) is 0 Å². The summed E-state index contributed by atoms with van der Waals surface area (Å²) >= 11 is 0. The van der Waals surface area contributed by atoms with E-state index in [2.05, 4.69) is 57.0 Å². The maximum absolute atomic E-state index is 12.5. The Morgan fingerprint density at radius 1 is 1.09 bits per heavy atom. The van der Waals surface area contributed by atoms with Gasteiger partial charge in [0.15, 0.2) is 0 Å². The predicted octanol–water partition coefficient (Wildman–Crippen LogP) is 3.42. The molecule has 1 aliphatic heterocycles. The fourth-order valence-electron chi connectivity index (χ4n) is 3.21. The third-order valence-electron chi connectivity index (χ3n) is 4.19. The number of carbonyl (C=O) groups excluding carboxylic acids is 1. The van der Waals surface area contributed by atoms with Crippen molar-refractivity contribution in [3.8, 4) is 0 Å². The molecule has 1 aromatic rings. The first kappa shape index (κ1) is 16.8. The van der Waals surface area contributed by atoms with Crippen LogP contribution in [0.4, 0.5) is 10.5 Å². The minimum atomic E-state index is 0.0271. The zero-order valence-electron chi connectivity index (χ0n) is 14.6. The summed E-state index contributed by atoms with van der Waals surface area (Å²) < 4.78 is 0. The highest BCUT2D eigenvalue weighted by Crippen LogP contribution is 2.22. The number of anilines is 1. The van der Waals surface area contributed by atoms with Gasteiger partial charge in [0.1, 0.15) is 0 Å². The van der Waals surface area contributed by atoms with Crippen LogP contribution < -0.4 is 5.32 Å². The van der Waals surface area contributed by atoms with Crippen molar-refractivity contribution in [1.82, 2.24) is 9.80 Å². The first-order valence-corrected chi connectivity index (χ1v) is 8.23. The Balaban J connectivity index is 1.94. The lowest BCUT2D eigenvalue weighted by molar-refractivity contribution is 0.138. The molecule has 2 amide bonds. The third kappa shape index (κ3) is 4.23. The van der Waals surface area contributed by atoms with Gasteiger partial charge in [0, 0.05) is 38.4 Å². The van der Waals surface area contributed by atoms with Crippen molar-refractivity contribution in [3.63, 3.8) is 0 Å². The Bertz CT molecular complexity index is 508. The fourth-order valence-corrected chi connectivity index (χ4v) is 3.21. The topological polar surface area (TPSA) is 35.6 Å². The van der Waals surface area contributed by atoms with E-state index in [4.69, 9.17) is 0 Å². The lowest BCUT2D eigenvalue weighted by atomic mass is 10.1. The van der Waals surface area contributed by atoms with E-state index < -0.39 is 0 Å². The average molecular weight is 303 g/mol. The molecule has 0 saturated carbocycles. The predicted molar refractivity (Wildman–Crippen MR) is 92.5 cm³/mol. The minimum Gasteiger partial charge on any atom is -0.322 e. The second-order valence-corrected chi connectivity index (χ2v) is 6.89. The summed E-state index contributed by atoms with van der Waals surface area (Å²) in [7, 11) is 0. The summed E-state index contributed by atoms with van der Waals surface area (Å²) in [5.74, 6) is 0.679. The van der Waals surface area contributed by atoms with Crippen molar-refractivity contribution >= 4 is 11.7 Å². The van der Waals surface area contributed by atoms with Gasteiger partial charge in [-0.15, -0.1) is 0 Å². The number of nitrogens with one attached hydrogen (secondary N) is 1. The van der Waals surface area contributed by atoms with Crippen molar-refractivity contribution in [1.29, 1.82) is 0 Å². The SMILES string of the molecule is Cc1cc(C)c(NC(=O)N2CCN(CC(C)C)CC2)c(C)c1. The van der Waals surface area contributed by atoms with Crippen molar-refractivity contribution < 1.29 is 4.79 Å². The molecule has 1 saturated heterocycles. The molecule has 1 aromatic carbocycles. The molecule has 0 spiro atoms. The van der Waals surface area contributed by atoms with Crippen molar-refractivity contribution in [2.75, 3.05) is 38.0 Å². The van der Waals surface area contributed by atoms with Crippen LogP contribution in [-0.2, 0) is 0 Å². The number of piperazine rings is 1. The van der Waals surface area contributed by atoms with Crippen LogP contribution in [0.25, 0.3) is 0 Å². The number of nitrogens with zero attached hydrogens (tertiary/aromatic N) is 2. The monoisotopic (exact) mass is 303 g/mol. The Labute approximate surface area is 134 Å². The molecule has 0 radical (unpaired) electrons. The van der Waals surface area contributed by atoms with E-state index in [0.717, 1.165) is 49.5 Å². The first-order chi connectivity index (χ1) is 10.4. The van der Waals surface area contributed by atoms with E-state index in [9.17, 15) is 4.79 Å². The summed E-state index contributed by atoms with van der Waals surface area (Å²) in [6, 6.07) is 4.26. The van der Waals surface area contributed by atoms with Crippen LogP contribution in [0.3, 0.4) is 0 Å². The lowest BCUT2D eigenvalue weighted by Gasteiger charge is -2.35. The second kappa shape index (κ2) is 7.14. The molecular formula is C18H29N3O. The fraction of sp³-hybridized carbons (Fsp3) is 0.611. The van der Waals surface area contributed by atoms with Crippen molar-refractivity contribution in [3.05, 3.63) is 28.8 Å². The van der Waals surface area contributed by atoms with E-state index in [1.54, 1.807) is 0 Å². The van der Waals surface area contributed by atoms with E-state index in [1.807, 2.05) is 4.90 Å². The van der Waals surface area contributed by atoms with Gasteiger partial charge in [-0.1, -0.05) is 31.5 Å². The molecule has 0 aromatic heterocycles. The van der Waals surface area contributed by atoms with Crippen molar-refractivity contribution in [2.24, 2.45) is 5.92 Å². The second-order valence-electron chi connectivity index (χ2n) is 6.89. The minimum absolute atomic E-state index is 0.0271. The van der Waals surface area contributed by atoms with E-state index in [-0.39, 0.29) is 6.03 Å². The zero-order valence-corrected chi connectivity index (χ0v) is 14.6. The molecule has 0 bridgehead atoms. The number of hydrogen-bond donors (Lipinski definition) is 1. The Morgan fingerprint density at radius 3 is 2.14 bits per heavy atom. The Hall–Kier alpha value is -1.55. The molecule has 1 heterocycles. The molecule has 4 heteroatoms. The van der Waals surface area contributed by atoms with Gasteiger partial charge in [-0.05, 0) is 37.8 Å². The average Bonchev–Trinajstić information content (AvgIpc) is 2.42. The van der Waals surface area contributed by atoms with Crippen LogP contribution in [-0.4, -0.2) is 48.6 Å².